The minimum atomic E-state index is -0.218. The zero-order valence-corrected chi connectivity index (χ0v) is 34.4. The minimum Gasteiger partial charge on any atom is -0.455 e. The number of para-hydroxylation sites is 3. The first-order valence-electron chi connectivity index (χ1n) is 21.1. The van der Waals surface area contributed by atoms with Gasteiger partial charge in [-0.05, 0) is 70.8 Å². The van der Waals surface area contributed by atoms with Crippen LogP contribution < -0.4 is 5.73 Å². The molecule has 1 aliphatic rings. The van der Waals surface area contributed by atoms with Gasteiger partial charge in [0.05, 0.1) is 23.1 Å². The molecule has 0 saturated carbocycles. The predicted molar refractivity (Wildman–Crippen MR) is 256 cm³/mol. The van der Waals surface area contributed by atoms with Crippen LogP contribution in [0.1, 0.15) is 41.7 Å². The van der Waals surface area contributed by atoms with Crippen molar-refractivity contribution >= 4 is 66.3 Å². The van der Waals surface area contributed by atoms with E-state index in [1.165, 1.54) is 44.0 Å². The summed E-state index contributed by atoms with van der Waals surface area (Å²) in [5.74, 6) is 1.02. The van der Waals surface area contributed by atoms with Crippen molar-refractivity contribution in [1.82, 2.24) is 9.13 Å². The Bertz CT molecular complexity index is 3640. The van der Waals surface area contributed by atoms with E-state index in [1.54, 1.807) is 0 Å². The van der Waals surface area contributed by atoms with Gasteiger partial charge in [0.25, 0.3) is 0 Å². The SMILES string of the molecule is CC1(C)c2ccccc2-n2ccc3c2c1cc1c2cc(-c4cccc5c4oc4ccccc45)ccc2n(-c2cccc(CN=C(N=C(N)c4ccccc4)c4ccccc4)c2)c13. The van der Waals surface area contributed by atoms with Crippen LogP contribution in [0.15, 0.2) is 203 Å². The third-order valence-electron chi connectivity index (χ3n) is 12.8. The molecule has 6 nitrogen and oxygen atoms in total. The van der Waals surface area contributed by atoms with E-state index in [0.29, 0.717) is 18.2 Å². The van der Waals surface area contributed by atoms with Crippen molar-refractivity contribution in [2.45, 2.75) is 25.8 Å². The highest BCUT2D eigenvalue weighted by Gasteiger charge is 2.35. The maximum absolute atomic E-state index is 6.57. The van der Waals surface area contributed by atoms with Crippen LogP contribution in [0.2, 0.25) is 0 Å². The van der Waals surface area contributed by atoms with Crippen molar-refractivity contribution < 1.29 is 4.42 Å². The predicted octanol–water partition coefficient (Wildman–Crippen LogP) is 13.3. The number of hydrogen-bond donors (Lipinski definition) is 1. The largest absolute Gasteiger partial charge is 0.455 e. The number of fused-ring (bicyclic) bond motifs is 9. The van der Waals surface area contributed by atoms with Gasteiger partial charge in [0.2, 0.25) is 0 Å². The highest BCUT2D eigenvalue weighted by molar-refractivity contribution is 6.21. The monoisotopic (exact) mass is 799 g/mol. The number of nitrogens with two attached hydrogens (primary N) is 1. The number of furan rings is 1. The fourth-order valence-corrected chi connectivity index (χ4v) is 9.81. The fourth-order valence-electron chi connectivity index (χ4n) is 9.81. The number of aromatic nitrogens is 2. The lowest BCUT2D eigenvalue weighted by Gasteiger charge is -2.34. The van der Waals surface area contributed by atoms with Crippen molar-refractivity contribution in [3.05, 3.63) is 216 Å². The first-order valence-corrected chi connectivity index (χ1v) is 21.1. The molecule has 11 aromatic rings. The molecule has 0 fully saturated rings. The Morgan fingerprint density at radius 1 is 0.597 bits per heavy atom. The molecule has 62 heavy (non-hydrogen) atoms. The van der Waals surface area contributed by atoms with Crippen molar-refractivity contribution in [3.8, 4) is 22.5 Å². The average molecular weight is 800 g/mol. The maximum atomic E-state index is 6.57. The second kappa shape index (κ2) is 13.8. The standard InChI is InChI=1S/C56H41N5O/c1-56(2)46-24-10-11-25-49(46)60-30-29-43-51-45(33-47(56)52(43)60)44-32-38(40-22-14-23-42-41-21-9-12-26-50(41)62-53(40)42)27-28-48(44)61(51)39-20-13-15-35(31-39)34-58-55(37-18-7-4-8-19-37)59-54(57)36-16-5-3-6-17-36/h3-33H,34H2,1-2H3,(H2,57,58,59). The smallest absolute Gasteiger partial charge is 0.157 e. The Morgan fingerprint density at radius 3 is 2.19 bits per heavy atom. The quantitative estimate of drug-likeness (QED) is 0.134. The van der Waals surface area contributed by atoms with Crippen LogP contribution in [0, 0.1) is 0 Å². The van der Waals surface area contributed by atoms with Crippen LogP contribution in [-0.4, -0.2) is 20.8 Å². The van der Waals surface area contributed by atoms with Crippen LogP contribution in [0.4, 0.5) is 0 Å². The van der Waals surface area contributed by atoms with Crippen molar-refractivity contribution in [2.24, 2.45) is 15.7 Å². The van der Waals surface area contributed by atoms with Gasteiger partial charge in [-0.3, -0.25) is 4.99 Å². The summed E-state index contributed by atoms with van der Waals surface area (Å²) in [6, 6.07) is 63.9. The highest BCUT2D eigenvalue weighted by Crippen LogP contribution is 2.49. The van der Waals surface area contributed by atoms with E-state index in [2.05, 4.69) is 138 Å². The molecule has 0 radical (unpaired) electrons. The zero-order valence-electron chi connectivity index (χ0n) is 34.4. The van der Waals surface area contributed by atoms with Crippen molar-refractivity contribution in [2.75, 3.05) is 0 Å². The Labute approximate surface area is 358 Å². The molecule has 12 rings (SSSR count). The number of aliphatic imine (C=N–C) groups is 2. The first kappa shape index (κ1) is 35.9. The number of nitrogens with zero attached hydrogens (tertiary/aromatic N) is 4. The molecule has 8 aromatic carbocycles. The second-order valence-corrected chi connectivity index (χ2v) is 16.8. The number of amidine groups is 2. The third-order valence-corrected chi connectivity index (χ3v) is 12.8. The normalized spacial score (nSPS) is 13.8. The van der Waals surface area contributed by atoms with E-state index >= 15 is 0 Å². The second-order valence-electron chi connectivity index (χ2n) is 16.8. The fraction of sp³-hybridized carbons (Fsp3) is 0.0714. The van der Waals surface area contributed by atoms with Crippen LogP contribution in [-0.2, 0) is 12.0 Å². The Balaban J connectivity index is 1.07. The Kier molecular flexibility index (Phi) is 8.00. The maximum Gasteiger partial charge on any atom is 0.157 e. The lowest BCUT2D eigenvalue weighted by molar-refractivity contribution is 0.629. The molecule has 0 amide bonds. The Morgan fingerprint density at radius 2 is 1.34 bits per heavy atom. The van der Waals surface area contributed by atoms with Crippen LogP contribution in [0.3, 0.4) is 0 Å². The van der Waals surface area contributed by atoms with Crippen molar-refractivity contribution in [1.29, 1.82) is 0 Å². The molecule has 6 heteroatoms. The topological polar surface area (TPSA) is 73.7 Å². The molecule has 2 N–H and O–H groups in total. The average Bonchev–Trinajstić information content (AvgIpc) is 4.03. The molecule has 3 aromatic heterocycles. The van der Waals surface area contributed by atoms with Gasteiger partial charge in [0, 0.05) is 66.6 Å². The third kappa shape index (κ3) is 5.50. The number of rotatable bonds is 6. The summed E-state index contributed by atoms with van der Waals surface area (Å²) < 4.78 is 11.4. The van der Waals surface area contributed by atoms with Crippen LogP contribution in [0.25, 0.3) is 77.1 Å². The van der Waals surface area contributed by atoms with E-state index in [9.17, 15) is 0 Å². The number of benzene rings is 8. The molecule has 4 heterocycles. The summed E-state index contributed by atoms with van der Waals surface area (Å²) in [6.07, 6.45) is 2.25. The molecule has 0 unspecified atom stereocenters. The first-order chi connectivity index (χ1) is 30.4. The summed E-state index contributed by atoms with van der Waals surface area (Å²) in [6.45, 7) is 5.15. The summed E-state index contributed by atoms with van der Waals surface area (Å²) in [5.41, 5.74) is 21.7. The molecule has 0 spiro atoms. The molecular formula is C56H41N5O. The van der Waals surface area contributed by atoms with E-state index < -0.39 is 0 Å². The lowest BCUT2D eigenvalue weighted by atomic mass is 9.74. The van der Waals surface area contributed by atoms with Gasteiger partial charge in [-0.25, -0.2) is 4.99 Å². The Hall–Kier alpha value is -7.96. The van der Waals surface area contributed by atoms with Gasteiger partial charge >= 0.3 is 0 Å². The molecule has 0 saturated heterocycles. The van der Waals surface area contributed by atoms with Crippen LogP contribution in [0.5, 0.6) is 0 Å². The molecule has 0 aliphatic carbocycles. The molecule has 0 atom stereocenters. The van der Waals surface area contributed by atoms with Gasteiger partial charge in [-0.15, -0.1) is 0 Å². The summed E-state index contributed by atoms with van der Waals surface area (Å²) >= 11 is 0. The van der Waals surface area contributed by atoms with Gasteiger partial charge < -0.3 is 19.3 Å². The minimum absolute atomic E-state index is 0.218. The lowest BCUT2D eigenvalue weighted by Crippen LogP contribution is -2.26. The van der Waals surface area contributed by atoms with Gasteiger partial charge in [0.15, 0.2) is 5.84 Å². The molecule has 1 aliphatic heterocycles. The summed E-state index contributed by atoms with van der Waals surface area (Å²) in [7, 11) is 0. The molecular weight excluding hydrogens is 759 g/mol. The summed E-state index contributed by atoms with van der Waals surface area (Å²) in [4.78, 5) is 9.98. The van der Waals surface area contributed by atoms with Gasteiger partial charge in [-0.1, -0.05) is 147 Å². The van der Waals surface area contributed by atoms with Gasteiger partial charge in [0.1, 0.15) is 17.0 Å². The van der Waals surface area contributed by atoms with E-state index in [1.807, 2.05) is 72.8 Å². The van der Waals surface area contributed by atoms with E-state index in [-0.39, 0.29) is 5.41 Å². The van der Waals surface area contributed by atoms with Crippen molar-refractivity contribution in [3.63, 3.8) is 0 Å². The van der Waals surface area contributed by atoms with E-state index in [0.717, 1.165) is 61.0 Å². The van der Waals surface area contributed by atoms with Gasteiger partial charge in [-0.2, -0.15) is 0 Å². The highest BCUT2D eigenvalue weighted by atomic mass is 16.3. The molecule has 0 bridgehead atoms. The zero-order chi connectivity index (χ0) is 41.5. The summed E-state index contributed by atoms with van der Waals surface area (Å²) in [5, 5.41) is 5.87. The molecule has 296 valence electrons. The van der Waals surface area contributed by atoms with Crippen LogP contribution >= 0.6 is 0 Å². The number of hydrogen-bond acceptors (Lipinski definition) is 2. The van der Waals surface area contributed by atoms with E-state index in [4.69, 9.17) is 20.1 Å².